The minimum atomic E-state index is 0.573. The first-order chi connectivity index (χ1) is 6.84. The van der Waals surface area contributed by atoms with E-state index in [-0.39, 0.29) is 0 Å². The fourth-order valence-electron chi connectivity index (χ4n) is 1.80. The highest BCUT2D eigenvalue weighted by Gasteiger charge is 2.20. The molecule has 1 saturated heterocycles. The average molecular weight is 188 g/mol. The highest BCUT2D eigenvalue weighted by Crippen LogP contribution is 2.24. The van der Waals surface area contributed by atoms with E-state index in [1.165, 1.54) is 16.6 Å². The molecule has 0 N–H and O–H groups in total. The SMILES string of the molecule is Cc1cnn2cc(C3COC3)ccc12. The highest BCUT2D eigenvalue weighted by atomic mass is 16.5. The van der Waals surface area contributed by atoms with Crippen LogP contribution in [0.5, 0.6) is 0 Å². The molecule has 3 nitrogen and oxygen atoms in total. The first kappa shape index (κ1) is 8.00. The van der Waals surface area contributed by atoms with Crippen molar-refractivity contribution in [3.8, 4) is 0 Å². The van der Waals surface area contributed by atoms with E-state index in [0.29, 0.717) is 5.92 Å². The van der Waals surface area contributed by atoms with Crippen LogP contribution in [0.3, 0.4) is 0 Å². The van der Waals surface area contributed by atoms with E-state index in [2.05, 4.69) is 30.4 Å². The van der Waals surface area contributed by atoms with Gasteiger partial charge in [-0.2, -0.15) is 5.10 Å². The standard InChI is InChI=1S/C11H12N2O/c1-8-4-12-13-5-9(2-3-11(8)13)10-6-14-7-10/h2-5,10H,6-7H2,1H3. The number of hydrogen-bond donors (Lipinski definition) is 0. The number of pyridine rings is 1. The zero-order valence-corrected chi connectivity index (χ0v) is 8.10. The fourth-order valence-corrected chi connectivity index (χ4v) is 1.80. The molecule has 72 valence electrons. The van der Waals surface area contributed by atoms with E-state index in [1.54, 1.807) is 0 Å². The maximum absolute atomic E-state index is 5.18. The summed E-state index contributed by atoms with van der Waals surface area (Å²) in [5.41, 5.74) is 3.74. The van der Waals surface area contributed by atoms with Gasteiger partial charge in [-0.05, 0) is 24.1 Å². The molecule has 0 aromatic carbocycles. The molecule has 1 aliphatic heterocycles. The smallest absolute Gasteiger partial charge is 0.0690 e. The lowest BCUT2D eigenvalue weighted by Gasteiger charge is -2.26. The Morgan fingerprint density at radius 3 is 3.00 bits per heavy atom. The van der Waals surface area contributed by atoms with E-state index < -0.39 is 0 Å². The van der Waals surface area contributed by atoms with Crippen LogP contribution in [-0.4, -0.2) is 22.8 Å². The second kappa shape index (κ2) is 2.82. The number of ether oxygens (including phenoxy) is 1. The minimum Gasteiger partial charge on any atom is -0.380 e. The van der Waals surface area contributed by atoms with Crippen molar-refractivity contribution < 1.29 is 4.74 Å². The summed E-state index contributed by atoms with van der Waals surface area (Å²) in [6.07, 6.45) is 4.01. The Bertz CT molecular complexity index is 471. The first-order valence-corrected chi connectivity index (χ1v) is 4.86. The third kappa shape index (κ3) is 1.06. The lowest BCUT2D eigenvalue weighted by Crippen LogP contribution is -2.25. The molecule has 3 heterocycles. The van der Waals surface area contributed by atoms with Gasteiger partial charge in [-0.25, -0.2) is 4.52 Å². The van der Waals surface area contributed by atoms with Crippen LogP contribution < -0.4 is 0 Å². The van der Waals surface area contributed by atoms with Gasteiger partial charge in [0.15, 0.2) is 0 Å². The molecular formula is C11H12N2O. The van der Waals surface area contributed by atoms with Crippen molar-refractivity contribution in [2.45, 2.75) is 12.8 Å². The predicted octanol–water partition coefficient (Wildman–Crippen LogP) is 1.76. The molecule has 3 rings (SSSR count). The Kier molecular flexibility index (Phi) is 1.61. The van der Waals surface area contributed by atoms with E-state index in [9.17, 15) is 0 Å². The highest BCUT2D eigenvalue weighted by molar-refractivity contribution is 5.53. The van der Waals surface area contributed by atoms with Gasteiger partial charge in [0.1, 0.15) is 0 Å². The van der Waals surface area contributed by atoms with Gasteiger partial charge in [-0.3, -0.25) is 0 Å². The van der Waals surface area contributed by atoms with Crippen LogP contribution >= 0.6 is 0 Å². The Morgan fingerprint density at radius 1 is 1.43 bits per heavy atom. The summed E-state index contributed by atoms with van der Waals surface area (Å²) < 4.78 is 7.12. The number of aryl methyl sites for hydroxylation is 1. The van der Waals surface area contributed by atoms with Gasteiger partial charge < -0.3 is 4.74 Å². The molecule has 0 amide bonds. The molecule has 0 spiro atoms. The van der Waals surface area contributed by atoms with E-state index in [0.717, 1.165) is 13.2 Å². The fraction of sp³-hybridized carbons (Fsp3) is 0.364. The second-order valence-corrected chi connectivity index (χ2v) is 3.85. The molecule has 0 aliphatic carbocycles. The monoisotopic (exact) mass is 188 g/mol. The van der Waals surface area contributed by atoms with Crippen LogP contribution in [0.15, 0.2) is 24.5 Å². The Hall–Kier alpha value is -1.35. The van der Waals surface area contributed by atoms with Gasteiger partial charge in [0.25, 0.3) is 0 Å². The third-order valence-electron chi connectivity index (χ3n) is 2.84. The van der Waals surface area contributed by atoms with Crippen LogP contribution in [0, 0.1) is 6.92 Å². The van der Waals surface area contributed by atoms with Gasteiger partial charge in [0.05, 0.1) is 24.9 Å². The summed E-state index contributed by atoms with van der Waals surface area (Å²) in [7, 11) is 0. The van der Waals surface area contributed by atoms with Gasteiger partial charge in [-0.15, -0.1) is 0 Å². The van der Waals surface area contributed by atoms with Crippen molar-refractivity contribution in [3.63, 3.8) is 0 Å². The summed E-state index contributed by atoms with van der Waals surface area (Å²) >= 11 is 0. The number of nitrogens with zero attached hydrogens (tertiary/aromatic N) is 2. The van der Waals surface area contributed by atoms with Gasteiger partial charge in [-0.1, -0.05) is 6.07 Å². The van der Waals surface area contributed by atoms with Gasteiger partial charge in [0, 0.05) is 12.1 Å². The van der Waals surface area contributed by atoms with E-state index in [4.69, 9.17) is 4.74 Å². The quantitative estimate of drug-likeness (QED) is 0.681. The Labute approximate surface area is 82.3 Å². The van der Waals surface area contributed by atoms with Crippen molar-refractivity contribution in [2.24, 2.45) is 0 Å². The molecular weight excluding hydrogens is 176 g/mol. The summed E-state index contributed by atoms with van der Waals surface area (Å²) in [5.74, 6) is 0.573. The number of fused-ring (bicyclic) bond motifs is 1. The number of aromatic nitrogens is 2. The number of hydrogen-bond acceptors (Lipinski definition) is 2. The van der Waals surface area contributed by atoms with Gasteiger partial charge in [0.2, 0.25) is 0 Å². The molecule has 2 aromatic rings. The topological polar surface area (TPSA) is 26.5 Å². The van der Waals surface area contributed by atoms with Crippen molar-refractivity contribution >= 4 is 5.52 Å². The molecule has 0 atom stereocenters. The predicted molar refractivity (Wildman–Crippen MR) is 53.5 cm³/mol. The molecule has 0 radical (unpaired) electrons. The third-order valence-corrected chi connectivity index (χ3v) is 2.84. The lowest BCUT2D eigenvalue weighted by atomic mass is 9.99. The first-order valence-electron chi connectivity index (χ1n) is 4.86. The lowest BCUT2D eigenvalue weighted by molar-refractivity contribution is 0.00824. The molecule has 14 heavy (non-hydrogen) atoms. The van der Waals surface area contributed by atoms with Crippen LogP contribution in [0.1, 0.15) is 17.0 Å². The normalized spacial score (nSPS) is 17.2. The Morgan fingerprint density at radius 2 is 2.29 bits per heavy atom. The maximum Gasteiger partial charge on any atom is 0.0690 e. The largest absolute Gasteiger partial charge is 0.380 e. The number of rotatable bonds is 1. The molecule has 0 bridgehead atoms. The molecule has 2 aromatic heterocycles. The van der Waals surface area contributed by atoms with Crippen molar-refractivity contribution in [1.29, 1.82) is 0 Å². The summed E-state index contributed by atoms with van der Waals surface area (Å²) in [5, 5.41) is 4.30. The van der Waals surface area contributed by atoms with E-state index in [1.807, 2.05) is 10.7 Å². The molecule has 3 heteroatoms. The van der Waals surface area contributed by atoms with E-state index >= 15 is 0 Å². The molecule has 0 saturated carbocycles. The Balaban J connectivity index is 2.10. The summed E-state index contributed by atoms with van der Waals surface area (Å²) in [6.45, 7) is 3.78. The van der Waals surface area contributed by atoms with Crippen LogP contribution in [-0.2, 0) is 4.74 Å². The average Bonchev–Trinajstić information content (AvgIpc) is 2.45. The van der Waals surface area contributed by atoms with Crippen molar-refractivity contribution in [1.82, 2.24) is 9.61 Å². The van der Waals surface area contributed by atoms with Gasteiger partial charge >= 0.3 is 0 Å². The maximum atomic E-state index is 5.18. The van der Waals surface area contributed by atoms with Crippen molar-refractivity contribution in [2.75, 3.05) is 13.2 Å². The molecule has 0 unspecified atom stereocenters. The molecule has 1 aliphatic rings. The molecule has 1 fully saturated rings. The van der Waals surface area contributed by atoms with Crippen LogP contribution in [0.2, 0.25) is 0 Å². The van der Waals surface area contributed by atoms with Crippen molar-refractivity contribution in [3.05, 3.63) is 35.7 Å². The van der Waals surface area contributed by atoms with Crippen LogP contribution in [0.25, 0.3) is 5.52 Å². The zero-order valence-electron chi connectivity index (χ0n) is 8.10. The summed E-state index contributed by atoms with van der Waals surface area (Å²) in [4.78, 5) is 0. The zero-order chi connectivity index (χ0) is 9.54. The van der Waals surface area contributed by atoms with Crippen LogP contribution in [0.4, 0.5) is 0 Å². The minimum absolute atomic E-state index is 0.573. The second-order valence-electron chi connectivity index (χ2n) is 3.85. The summed E-state index contributed by atoms with van der Waals surface area (Å²) in [6, 6.07) is 4.31.